The molecule has 3 rings (SSSR count). The largest absolute Gasteiger partial charge is 0.349 e. The van der Waals surface area contributed by atoms with Gasteiger partial charge in [-0.25, -0.2) is 0 Å². The second-order valence-electron chi connectivity index (χ2n) is 5.92. The monoisotopic (exact) mass is 355 g/mol. The summed E-state index contributed by atoms with van der Waals surface area (Å²) in [6.45, 7) is 3.78. The van der Waals surface area contributed by atoms with Gasteiger partial charge in [0.2, 0.25) is 11.7 Å². The smallest absolute Gasteiger partial charge is 0.251 e. The van der Waals surface area contributed by atoms with E-state index < -0.39 is 0 Å². The molecule has 0 radical (unpaired) electrons. The van der Waals surface area contributed by atoms with Crippen LogP contribution in [0.4, 0.5) is 0 Å². The van der Waals surface area contributed by atoms with Crippen molar-refractivity contribution in [2.45, 2.75) is 26.3 Å². The molecule has 1 atom stereocenters. The van der Waals surface area contributed by atoms with Gasteiger partial charge in [0.15, 0.2) is 0 Å². The first kappa shape index (κ1) is 17.2. The number of aryl methyl sites for hydroxylation is 1. The van der Waals surface area contributed by atoms with E-state index in [1.54, 1.807) is 12.1 Å². The Morgan fingerprint density at radius 3 is 2.72 bits per heavy atom. The summed E-state index contributed by atoms with van der Waals surface area (Å²) in [6.07, 6.45) is 0.450. The van der Waals surface area contributed by atoms with Crippen molar-refractivity contribution in [1.82, 2.24) is 15.5 Å². The van der Waals surface area contributed by atoms with Gasteiger partial charge in [0.25, 0.3) is 5.91 Å². The molecule has 2 aromatic carbocycles. The van der Waals surface area contributed by atoms with Gasteiger partial charge in [-0.3, -0.25) is 4.79 Å². The zero-order valence-electron chi connectivity index (χ0n) is 14.0. The molecule has 1 amide bonds. The van der Waals surface area contributed by atoms with Crippen molar-refractivity contribution < 1.29 is 9.32 Å². The number of carbonyl (C=O) groups excluding carboxylic acids is 1. The topological polar surface area (TPSA) is 68.0 Å². The highest BCUT2D eigenvalue weighted by molar-refractivity contribution is 6.31. The van der Waals surface area contributed by atoms with Gasteiger partial charge < -0.3 is 9.84 Å². The van der Waals surface area contributed by atoms with Crippen molar-refractivity contribution in [3.05, 3.63) is 70.6 Å². The van der Waals surface area contributed by atoms with Gasteiger partial charge in [0, 0.05) is 28.6 Å². The molecule has 0 bridgehead atoms. The number of nitrogens with zero attached hydrogens (tertiary/aromatic N) is 2. The summed E-state index contributed by atoms with van der Waals surface area (Å²) in [7, 11) is 0. The second kappa shape index (κ2) is 7.49. The van der Waals surface area contributed by atoms with Crippen molar-refractivity contribution in [3.63, 3.8) is 0 Å². The molecule has 0 aliphatic carbocycles. The molecule has 6 heteroatoms. The first-order valence-electron chi connectivity index (χ1n) is 7.98. The average Bonchev–Trinajstić information content (AvgIpc) is 3.06. The molecule has 0 saturated heterocycles. The minimum atomic E-state index is -0.183. The van der Waals surface area contributed by atoms with Crippen LogP contribution in [-0.2, 0) is 6.42 Å². The first-order chi connectivity index (χ1) is 12.0. The fourth-order valence-electron chi connectivity index (χ4n) is 2.40. The molecule has 0 aliphatic heterocycles. The highest BCUT2D eigenvalue weighted by Gasteiger charge is 2.15. The maximum absolute atomic E-state index is 12.3. The highest BCUT2D eigenvalue weighted by Crippen LogP contribution is 2.17. The molecule has 5 nitrogen and oxygen atoms in total. The number of hydrogen-bond donors (Lipinski definition) is 1. The zero-order chi connectivity index (χ0) is 17.8. The molecule has 1 unspecified atom stereocenters. The van der Waals surface area contributed by atoms with Gasteiger partial charge in [-0.2, -0.15) is 4.98 Å². The Hall–Kier alpha value is -2.66. The number of amides is 1. The van der Waals surface area contributed by atoms with Crippen LogP contribution >= 0.6 is 11.6 Å². The lowest BCUT2D eigenvalue weighted by Crippen LogP contribution is -2.34. The third-order valence-corrected chi connectivity index (χ3v) is 4.20. The van der Waals surface area contributed by atoms with Gasteiger partial charge in [-0.1, -0.05) is 53.2 Å². The lowest BCUT2D eigenvalue weighted by molar-refractivity contribution is 0.0938. The molecule has 3 aromatic rings. The molecule has 1 N–H and O–H groups in total. The number of aromatic nitrogens is 2. The van der Waals surface area contributed by atoms with Crippen molar-refractivity contribution in [2.24, 2.45) is 0 Å². The Kier molecular flexibility index (Phi) is 5.14. The SMILES string of the molecule is Cc1ccc(C(=O)NC(C)Cc2nc(-c3ccccc3)no2)cc1Cl. The Balaban J connectivity index is 1.62. The number of nitrogens with one attached hydrogen (secondary N) is 1. The molecular formula is C19H18ClN3O2. The molecule has 0 fully saturated rings. The second-order valence-corrected chi connectivity index (χ2v) is 6.33. The van der Waals surface area contributed by atoms with E-state index in [1.807, 2.05) is 50.2 Å². The van der Waals surface area contributed by atoms with Crippen LogP contribution in [0.1, 0.15) is 28.7 Å². The molecule has 25 heavy (non-hydrogen) atoms. The number of halogens is 1. The van der Waals surface area contributed by atoms with Gasteiger partial charge in [0.05, 0.1) is 0 Å². The number of carbonyl (C=O) groups is 1. The quantitative estimate of drug-likeness (QED) is 0.749. The van der Waals surface area contributed by atoms with Crippen molar-refractivity contribution in [2.75, 3.05) is 0 Å². The predicted molar refractivity (Wildman–Crippen MR) is 96.6 cm³/mol. The van der Waals surface area contributed by atoms with Crippen molar-refractivity contribution in [1.29, 1.82) is 0 Å². The third-order valence-electron chi connectivity index (χ3n) is 3.79. The normalized spacial score (nSPS) is 12.0. The Bertz CT molecular complexity index is 877. The van der Waals surface area contributed by atoms with Crippen LogP contribution in [-0.4, -0.2) is 22.1 Å². The third kappa shape index (κ3) is 4.25. The molecule has 0 spiro atoms. The van der Waals surface area contributed by atoms with E-state index in [-0.39, 0.29) is 11.9 Å². The summed E-state index contributed by atoms with van der Waals surface area (Å²) in [5.41, 5.74) is 2.35. The zero-order valence-corrected chi connectivity index (χ0v) is 14.7. The maximum Gasteiger partial charge on any atom is 0.251 e. The highest BCUT2D eigenvalue weighted by atomic mass is 35.5. The molecule has 1 heterocycles. The maximum atomic E-state index is 12.3. The van der Waals surface area contributed by atoms with Crippen molar-refractivity contribution in [3.8, 4) is 11.4 Å². The van der Waals surface area contributed by atoms with E-state index in [1.165, 1.54) is 0 Å². The van der Waals surface area contributed by atoms with Gasteiger partial charge in [-0.05, 0) is 31.5 Å². The van der Waals surface area contributed by atoms with E-state index in [2.05, 4.69) is 15.5 Å². The van der Waals surface area contributed by atoms with Gasteiger partial charge >= 0.3 is 0 Å². The van der Waals surface area contributed by atoms with E-state index in [9.17, 15) is 4.79 Å². The van der Waals surface area contributed by atoms with Crippen LogP contribution in [0.15, 0.2) is 53.1 Å². The van der Waals surface area contributed by atoms with Crippen LogP contribution in [0.25, 0.3) is 11.4 Å². The number of benzene rings is 2. The van der Waals surface area contributed by atoms with Crippen molar-refractivity contribution >= 4 is 17.5 Å². The summed E-state index contributed by atoms with van der Waals surface area (Å²) in [5.74, 6) is 0.838. The standard InChI is InChI=1S/C19H18ClN3O2/c1-12-8-9-15(11-16(12)20)19(24)21-13(2)10-17-22-18(23-25-17)14-6-4-3-5-7-14/h3-9,11,13H,10H2,1-2H3,(H,21,24). The van der Waals surface area contributed by atoms with E-state index >= 15 is 0 Å². The minimum absolute atomic E-state index is 0.156. The Labute approximate surface area is 151 Å². The Morgan fingerprint density at radius 2 is 2.00 bits per heavy atom. The van der Waals surface area contributed by atoms with Gasteiger partial charge in [0.1, 0.15) is 0 Å². The predicted octanol–water partition coefficient (Wildman–Crippen LogP) is 4.06. The lowest BCUT2D eigenvalue weighted by Gasteiger charge is -2.12. The van der Waals surface area contributed by atoms with Gasteiger partial charge in [-0.15, -0.1) is 0 Å². The summed E-state index contributed by atoms with van der Waals surface area (Å²) in [4.78, 5) is 16.7. The van der Waals surface area contributed by atoms with E-state index in [0.29, 0.717) is 28.7 Å². The van der Waals surface area contributed by atoms with Crippen LogP contribution in [0.5, 0.6) is 0 Å². The molecule has 0 aliphatic rings. The first-order valence-corrected chi connectivity index (χ1v) is 8.36. The van der Waals surface area contributed by atoms with Crippen LogP contribution in [0.2, 0.25) is 5.02 Å². The van der Waals surface area contributed by atoms with Crippen LogP contribution in [0.3, 0.4) is 0 Å². The minimum Gasteiger partial charge on any atom is -0.349 e. The molecule has 1 aromatic heterocycles. The number of hydrogen-bond acceptors (Lipinski definition) is 4. The van der Waals surface area contributed by atoms with Crippen LogP contribution < -0.4 is 5.32 Å². The molecular weight excluding hydrogens is 338 g/mol. The Morgan fingerprint density at radius 1 is 1.24 bits per heavy atom. The summed E-state index contributed by atoms with van der Waals surface area (Å²) in [6, 6.07) is 14.7. The fraction of sp³-hybridized carbons (Fsp3) is 0.211. The number of rotatable bonds is 5. The summed E-state index contributed by atoms with van der Waals surface area (Å²) >= 11 is 6.07. The molecule has 0 saturated carbocycles. The lowest BCUT2D eigenvalue weighted by atomic mass is 10.1. The van der Waals surface area contributed by atoms with E-state index in [4.69, 9.17) is 16.1 Å². The summed E-state index contributed by atoms with van der Waals surface area (Å²) < 4.78 is 5.28. The molecule has 128 valence electrons. The average molecular weight is 356 g/mol. The fourth-order valence-corrected chi connectivity index (χ4v) is 2.58. The van der Waals surface area contributed by atoms with Crippen LogP contribution in [0, 0.1) is 6.92 Å². The van der Waals surface area contributed by atoms with E-state index in [0.717, 1.165) is 11.1 Å². The summed E-state index contributed by atoms with van der Waals surface area (Å²) in [5, 5.41) is 7.47.